The molecule has 5 N–H and O–H groups in total. The van der Waals surface area contributed by atoms with Gasteiger partial charge in [-0.2, -0.15) is 0 Å². The van der Waals surface area contributed by atoms with E-state index in [1.54, 1.807) is 6.92 Å². The number of anilines is 1. The first-order chi connectivity index (χ1) is 15.2. The second kappa shape index (κ2) is 10.5. The number of nitrogens with one attached hydrogen (secondary N) is 5. The van der Waals surface area contributed by atoms with Crippen LogP contribution in [0.2, 0.25) is 0 Å². The highest BCUT2D eigenvalue weighted by Gasteiger charge is 2.38. The van der Waals surface area contributed by atoms with Gasteiger partial charge in [0.1, 0.15) is 28.5 Å². The lowest BCUT2D eigenvalue weighted by molar-refractivity contribution is -0.127. The van der Waals surface area contributed by atoms with E-state index in [-0.39, 0.29) is 17.2 Å². The summed E-state index contributed by atoms with van der Waals surface area (Å²) in [7, 11) is 0. The third-order valence-electron chi connectivity index (χ3n) is 4.13. The molecule has 0 saturated carbocycles. The van der Waals surface area contributed by atoms with Gasteiger partial charge in [-0.25, -0.2) is 4.39 Å². The zero-order valence-electron chi connectivity index (χ0n) is 17.0. The first-order valence-corrected chi connectivity index (χ1v) is 11.2. The Morgan fingerprint density at radius 3 is 2.53 bits per heavy atom. The van der Waals surface area contributed by atoms with Gasteiger partial charge in [-0.1, -0.05) is 11.3 Å². The first kappa shape index (κ1) is 23.6. The highest BCUT2D eigenvalue weighted by molar-refractivity contribution is 8.00. The number of carbonyl (C=O) groups is 4. The lowest BCUT2D eigenvalue weighted by Crippen LogP contribution is -2.72. The largest absolute Gasteiger partial charge is 0.338 e. The van der Waals surface area contributed by atoms with Crippen molar-refractivity contribution in [2.75, 3.05) is 11.1 Å². The zero-order chi connectivity index (χ0) is 23.3. The Morgan fingerprint density at radius 1 is 1.19 bits per heavy atom. The summed E-state index contributed by atoms with van der Waals surface area (Å²) in [6.07, 6.45) is -0.933. The summed E-state index contributed by atoms with van der Waals surface area (Å²) in [5.74, 6) is -2.46. The van der Waals surface area contributed by atoms with Gasteiger partial charge in [0.25, 0.3) is 5.91 Å². The predicted molar refractivity (Wildman–Crippen MR) is 116 cm³/mol. The van der Waals surface area contributed by atoms with Crippen LogP contribution in [0, 0.1) is 12.7 Å². The van der Waals surface area contributed by atoms with E-state index >= 15 is 0 Å². The molecule has 1 saturated heterocycles. The molecule has 3 atom stereocenters. The van der Waals surface area contributed by atoms with E-state index in [0.29, 0.717) is 10.1 Å². The fourth-order valence-corrected chi connectivity index (χ4v) is 4.18. The minimum atomic E-state index is -1.13. The predicted octanol–water partition coefficient (Wildman–Crippen LogP) is -0.0789. The maximum Gasteiger partial charge on any atom is 0.252 e. The molecular formula is C18H20FN7O4S2. The molecule has 0 aliphatic carbocycles. The molecule has 3 rings (SSSR count). The topological polar surface area (TPSA) is 154 Å². The van der Waals surface area contributed by atoms with Crippen LogP contribution < -0.4 is 26.6 Å². The summed E-state index contributed by atoms with van der Waals surface area (Å²) in [4.78, 5) is 48.8. The highest BCUT2D eigenvalue weighted by Crippen LogP contribution is 2.16. The minimum Gasteiger partial charge on any atom is -0.338 e. The molecule has 0 radical (unpaired) electrons. The van der Waals surface area contributed by atoms with E-state index in [1.807, 2.05) is 0 Å². The summed E-state index contributed by atoms with van der Waals surface area (Å²) < 4.78 is 13.1. The Labute approximate surface area is 190 Å². The highest BCUT2D eigenvalue weighted by atomic mass is 32.2. The van der Waals surface area contributed by atoms with Crippen LogP contribution in [0.25, 0.3) is 0 Å². The van der Waals surface area contributed by atoms with Gasteiger partial charge < -0.3 is 16.0 Å². The van der Waals surface area contributed by atoms with Crippen LogP contribution in [0.5, 0.6) is 0 Å². The third-order valence-corrected chi connectivity index (χ3v) is 5.90. The summed E-state index contributed by atoms with van der Waals surface area (Å²) in [5, 5.41) is 22.0. The number of hydrogen-bond acceptors (Lipinski definition) is 9. The van der Waals surface area contributed by atoms with E-state index in [2.05, 4.69) is 36.8 Å². The number of halogens is 1. The average molecular weight is 482 g/mol. The Balaban J connectivity index is 1.60. The minimum absolute atomic E-state index is 0.0179. The normalized spacial score (nSPS) is 20.2. The van der Waals surface area contributed by atoms with Crippen LogP contribution in [0.4, 0.5) is 9.52 Å². The van der Waals surface area contributed by atoms with Crippen LogP contribution in [0.3, 0.4) is 0 Å². The number of carbonyl (C=O) groups excluding carboxylic acids is 4. The molecular weight excluding hydrogens is 461 g/mol. The second-order valence-electron chi connectivity index (χ2n) is 6.68. The van der Waals surface area contributed by atoms with Crippen molar-refractivity contribution in [2.24, 2.45) is 0 Å². The van der Waals surface area contributed by atoms with Crippen molar-refractivity contribution < 1.29 is 23.6 Å². The second-order valence-corrected chi connectivity index (χ2v) is 8.95. The average Bonchev–Trinajstić information content (AvgIpc) is 3.13. The van der Waals surface area contributed by atoms with Gasteiger partial charge in [0.2, 0.25) is 22.9 Å². The van der Waals surface area contributed by atoms with Gasteiger partial charge in [0, 0.05) is 12.5 Å². The number of nitrogens with zero attached hydrogens (tertiary/aromatic N) is 2. The van der Waals surface area contributed by atoms with Crippen molar-refractivity contribution in [3.8, 4) is 0 Å². The van der Waals surface area contributed by atoms with Crippen molar-refractivity contribution in [3.63, 3.8) is 0 Å². The van der Waals surface area contributed by atoms with E-state index < -0.39 is 41.2 Å². The molecule has 0 spiro atoms. The van der Waals surface area contributed by atoms with Crippen LogP contribution in [-0.4, -0.2) is 57.3 Å². The van der Waals surface area contributed by atoms with Crippen molar-refractivity contribution in [3.05, 3.63) is 40.7 Å². The van der Waals surface area contributed by atoms with Gasteiger partial charge in [0.15, 0.2) is 0 Å². The molecule has 1 aromatic carbocycles. The van der Waals surface area contributed by atoms with Crippen molar-refractivity contribution in [1.82, 2.24) is 31.5 Å². The molecule has 2 aromatic rings. The van der Waals surface area contributed by atoms with Crippen LogP contribution >= 0.6 is 23.1 Å². The molecule has 0 bridgehead atoms. The molecule has 2 heterocycles. The molecule has 1 aromatic heterocycles. The molecule has 1 aliphatic heterocycles. The maximum atomic E-state index is 13.1. The fraction of sp³-hybridized carbons (Fsp3) is 0.333. The number of amides is 4. The smallest absolute Gasteiger partial charge is 0.252 e. The molecule has 1 fully saturated rings. The third kappa shape index (κ3) is 6.45. The molecule has 32 heavy (non-hydrogen) atoms. The SMILES string of the molecule is CC(=O)NC1NC(SCC(=O)Nc2nnc(C)s2)NC(=O)C1NC(=O)c1ccc(F)cc1. The van der Waals surface area contributed by atoms with Crippen molar-refractivity contribution in [1.29, 1.82) is 0 Å². The number of aromatic nitrogens is 2. The Bertz CT molecular complexity index is 1020. The molecule has 1 aliphatic rings. The number of benzene rings is 1. The molecule has 14 heteroatoms. The summed E-state index contributed by atoms with van der Waals surface area (Å²) in [6.45, 7) is 3.03. The first-order valence-electron chi connectivity index (χ1n) is 9.33. The van der Waals surface area contributed by atoms with Crippen LogP contribution in [-0.2, 0) is 14.4 Å². The van der Waals surface area contributed by atoms with Gasteiger partial charge in [0.05, 0.1) is 5.75 Å². The van der Waals surface area contributed by atoms with Crippen LogP contribution in [0.1, 0.15) is 22.3 Å². The van der Waals surface area contributed by atoms with Gasteiger partial charge in [-0.3, -0.25) is 29.8 Å². The summed E-state index contributed by atoms with van der Waals surface area (Å²) in [5.41, 5.74) is -0.555. The van der Waals surface area contributed by atoms with Gasteiger partial charge in [-0.15, -0.1) is 22.0 Å². The van der Waals surface area contributed by atoms with E-state index in [4.69, 9.17) is 0 Å². The zero-order valence-corrected chi connectivity index (χ0v) is 18.6. The Kier molecular flexibility index (Phi) is 7.71. The van der Waals surface area contributed by atoms with Crippen molar-refractivity contribution in [2.45, 2.75) is 31.6 Å². The van der Waals surface area contributed by atoms with Crippen molar-refractivity contribution >= 4 is 51.9 Å². The van der Waals surface area contributed by atoms with Crippen LogP contribution in [0.15, 0.2) is 24.3 Å². The number of aryl methyl sites for hydroxylation is 1. The molecule has 3 unspecified atom stereocenters. The number of rotatable bonds is 7. The molecule has 170 valence electrons. The molecule has 4 amide bonds. The summed E-state index contributed by atoms with van der Waals surface area (Å²) >= 11 is 2.31. The monoisotopic (exact) mass is 481 g/mol. The molecule has 11 nitrogen and oxygen atoms in total. The Hall–Kier alpha value is -3.10. The lowest BCUT2D eigenvalue weighted by atomic mass is 10.1. The summed E-state index contributed by atoms with van der Waals surface area (Å²) in [6, 6.07) is 3.68. The van der Waals surface area contributed by atoms with Gasteiger partial charge >= 0.3 is 0 Å². The standard InChI is InChI=1S/C18H20FN7O4S2/c1-8(27)20-14-13(22-15(29)10-3-5-11(19)6-4-10)16(30)24-17(23-14)31-7-12(28)21-18-26-25-9(2)32-18/h3-6,13-14,17,23H,7H2,1-2H3,(H,20,27)(H,22,29)(H,24,30)(H,21,26,28). The van der Waals surface area contributed by atoms with Gasteiger partial charge in [-0.05, 0) is 31.2 Å². The Morgan fingerprint density at radius 2 is 1.91 bits per heavy atom. The maximum absolute atomic E-state index is 13.1. The van der Waals surface area contributed by atoms with E-state index in [9.17, 15) is 23.6 Å². The quantitative estimate of drug-likeness (QED) is 0.368. The fourth-order valence-electron chi connectivity index (χ4n) is 2.74. The van der Waals surface area contributed by atoms with E-state index in [1.165, 1.54) is 30.4 Å². The lowest BCUT2D eigenvalue weighted by Gasteiger charge is -2.37. The number of thioether (sulfide) groups is 1. The number of hydrogen-bond donors (Lipinski definition) is 5. The van der Waals surface area contributed by atoms with E-state index in [0.717, 1.165) is 23.9 Å².